The lowest BCUT2D eigenvalue weighted by molar-refractivity contribution is -0.142. The van der Waals surface area contributed by atoms with Crippen LogP contribution in [0.1, 0.15) is 30.0 Å². The Hall–Kier alpha value is -1.86. The van der Waals surface area contributed by atoms with Gasteiger partial charge in [0.2, 0.25) is 0 Å². The number of ether oxygens (including phenoxy) is 1. The lowest BCUT2D eigenvalue weighted by Gasteiger charge is -2.08. The van der Waals surface area contributed by atoms with Gasteiger partial charge in [0.15, 0.2) is 0 Å². The summed E-state index contributed by atoms with van der Waals surface area (Å²) in [6, 6.07) is 7.71. The molecule has 1 rings (SSSR count). The molecule has 0 saturated heterocycles. The maximum atomic E-state index is 11.1. The quantitative estimate of drug-likeness (QED) is 0.615. The molecule has 0 bridgehead atoms. The van der Waals surface area contributed by atoms with Gasteiger partial charge in [-0.05, 0) is 37.1 Å². The predicted molar refractivity (Wildman–Crippen MR) is 68.9 cm³/mol. The summed E-state index contributed by atoms with van der Waals surface area (Å²) >= 11 is 0. The second kappa shape index (κ2) is 7.46. The van der Waals surface area contributed by atoms with E-state index >= 15 is 0 Å². The van der Waals surface area contributed by atoms with Crippen molar-refractivity contribution in [2.24, 2.45) is 0 Å². The Kier molecular flexibility index (Phi) is 5.89. The van der Waals surface area contributed by atoms with Gasteiger partial charge in [0.1, 0.15) is 0 Å². The highest BCUT2D eigenvalue weighted by molar-refractivity contribution is 5.69. The Morgan fingerprint density at radius 1 is 1.50 bits per heavy atom. The number of hydrogen-bond donors (Lipinski definition) is 1. The molecule has 0 heterocycles. The van der Waals surface area contributed by atoms with E-state index in [1.54, 1.807) is 13.0 Å². The van der Waals surface area contributed by atoms with Crippen molar-refractivity contribution in [1.82, 2.24) is 5.32 Å². The number of rotatable bonds is 6. The number of carbonyl (C=O) groups is 1. The Labute approximate surface area is 108 Å². The molecule has 0 amide bonds. The number of benzene rings is 1. The average Bonchev–Trinajstić information content (AvgIpc) is 2.36. The third-order valence-corrected chi connectivity index (χ3v) is 2.60. The van der Waals surface area contributed by atoms with Crippen LogP contribution in [0.5, 0.6) is 0 Å². The first-order valence-corrected chi connectivity index (χ1v) is 6.03. The molecule has 96 valence electrons. The zero-order valence-electron chi connectivity index (χ0n) is 10.8. The van der Waals surface area contributed by atoms with Crippen molar-refractivity contribution >= 4 is 5.97 Å². The van der Waals surface area contributed by atoms with E-state index in [1.165, 1.54) is 0 Å². The fourth-order valence-corrected chi connectivity index (χ4v) is 1.61. The molecule has 1 N–H and O–H groups in total. The van der Waals surface area contributed by atoms with Gasteiger partial charge in [-0.1, -0.05) is 6.07 Å². The Morgan fingerprint density at radius 2 is 2.28 bits per heavy atom. The maximum absolute atomic E-state index is 11.1. The number of nitrogens with one attached hydrogen (secondary N) is 1. The topological polar surface area (TPSA) is 62.1 Å². The standard InChI is InChI=1S/C14H18N2O2/c1-3-18-14(17)6-7-16-10-13-5-4-12(9-15)8-11(13)2/h4-5,8,16H,3,6-7,10H2,1-2H3. The van der Waals surface area contributed by atoms with Crippen LogP contribution >= 0.6 is 0 Å². The molecule has 4 nitrogen and oxygen atoms in total. The molecule has 0 aliphatic rings. The smallest absolute Gasteiger partial charge is 0.307 e. The summed E-state index contributed by atoms with van der Waals surface area (Å²) in [5.74, 6) is -0.179. The molecule has 0 spiro atoms. The molecule has 18 heavy (non-hydrogen) atoms. The van der Waals surface area contributed by atoms with Crippen molar-refractivity contribution in [3.8, 4) is 6.07 Å². The van der Waals surface area contributed by atoms with Crippen LogP contribution < -0.4 is 5.32 Å². The fourth-order valence-electron chi connectivity index (χ4n) is 1.61. The zero-order valence-corrected chi connectivity index (χ0v) is 10.8. The molecule has 0 unspecified atom stereocenters. The SMILES string of the molecule is CCOC(=O)CCNCc1ccc(C#N)cc1C. The molecule has 0 atom stereocenters. The van der Waals surface area contributed by atoms with Gasteiger partial charge < -0.3 is 10.1 Å². The second-order valence-corrected chi connectivity index (χ2v) is 3.98. The maximum Gasteiger partial charge on any atom is 0.307 e. The van der Waals surface area contributed by atoms with E-state index in [0.29, 0.717) is 31.7 Å². The van der Waals surface area contributed by atoms with E-state index in [1.807, 2.05) is 19.1 Å². The van der Waals surface area contributed by atoms with Gasteiger partial charge in [0, 0.05) is 13.1 Å². The molecule has 0 aliphatic heterocycles. The van der Waals surface area contributed by atoms with Crippen molar-refractivity contribution in [3.05, 3.63) is 34.9 Å². The average molecular weight is 246 g/mol. The highest BCUT2D eigenvalue weighted by Gasteiger charge is 2.02. The van der Waals surface area contributed by atoms with Crippen LogP contribution in [0, 0.1) is 18.3 Å². The molecule has 0 saturated carbocycles. The molecular formula is C14H18N2O2. The third-order valence-electron chi connectivity index (χ3n) is 2.60. The minimum Gasteiger partial charge on any atom is -0.466 e. The van der Waals surface area contributed by atoms with Gasteiger partial charge in [-0.15, -0.1) is 0 Å². The molecule has 0 aromatic heterocycles. The monoisotopic (exact) mass is 246 g/mol. The summed E-state index contributed by atoms with van der Waals surface area (Å²) in [6.07, 6.45) is 0.378. The molecule has 4 heteroatoms. The number of nitriles is 1. The highest BCUT2D eigenvalue weighted by atomic mass is 16.5. The molecule has 0 radical (unpaired) electrons. The molecular weight excluding hydrogens is 228 g/mol. The summed E-state index contributed by atoms with van der Waals surface area (Å²) in [5.41, 5.74) is 2.89. The minimum absolute atomic E-state index is 0.179. The van der Waals surface area contributed by atoms with Crippen molar-refractivity contribution < 1.29 is 9.53 Å². The van der Waals surface area contributed by atoms with E-state index in [-0.39, 0.29) is 5.97 Å². The zero-order chi connectivity index (χ0) is 13.4. The van der Waals surface area contributed by atoms with E-state index in [4.69, 9.17) is 10.00 Å². The van der Waals surface area contributed by atoms with Crippen LogP contribution in [0.2, 0.25) is 0 Å². The number of aryl methyl sites for hydroxylation is 1. The van der Waals surface area contributed by atoms with Gasteiger partial charge in [-0.2, -0.15) is 5.26 Å². The summed E-state index contributed by atoms with van der Waals surface area (Å²) in [7, 11) is 0. The highest BCUT2D eigenvalue weighted by Crippen LogP contribution is 2.10. The van der Waals surface area contributed by atoms with Crippen LogP contribution in [0.3, 0.4) is 0 Å². The van der Waals surface area contributed by atoms with Crippen molar-refractivity contribution in [2.75, 3.05) is 13.2 Å². The second-order valence-electron chi connectivity index (χ2n) is 3.98. The van der Waals surface area contributed by atoms with E-state index in [9.17, 15) is 4.79 Å². The first-order valence-electron chi connectivity index (χ1n) is 6.03. The number of carbonyl (C=O) groups excluding carboxylic acids is 1. The number of hydrogen-bond acceptors (Lipinski definition) is 4. The largest absolute Gasteiger partial charge is 0.466 e. The molecule has 1 aromatic carbocycles. The first kappa shape index (κ1) is 14.2. The van der Waals surface area contributed by atoms with E-state index in [2.05, 4.69) is 11.4 Å². The van der Waals surface area contributed by atoms with Crippen LogP contribution in [0.4, 0.5) is 0 Å². The van der Waals surface area contributed by atoms with Gasteiger partial charge in [-0.25, -0.2) is 0 Å². The molecule has 0 aliphatic carbocycles. The van der Waals surface area contributed by atoms with Crippen LogP contribution in [-0.2, 0) is 16.1 Å². The van der Waals surface area contributed by atoms with E-state index < -0.39 is 0 Å². The number of esters is 1. The van der Waals surface area contributed by atoms with Crippen molar-refractivity contribution in [3.63, 3.8) is 0 Å². The van der Waals surface area contributed by atoms with Gasteiger partial charge >= 0.3 is 5.97 Å². The number of nitrogens with zero attached hydrogens (tertiary/aromatic N) is 1. The Morgan fingerprint density at radius 3 is 2.89 bits per heavy atom. The van der Waals surface area contributed by atoms with Gasteiger partial charge in [0.25, 0.3) is 0 Å². The predicted octanol–water partition coefficient (Wildman–Crippen LogP) is 1.91. The normalized spacial score (nSPS) is 9.83. The summed E-state index contributed by atoms with van der Waals surface area (Å²) in [5, 5.41) is 11.9. The van der Waals surface area contributed by atoms with Gasteiger partial charge in [-0.3, -0.25) is 4.79 Å². The lowest BCUT2D eigenvalue weighted by atomic mass is 10.1. The summed E-state index contributed by atoms with van der Waals surface area (Å²) in [6.45, 7) is 5.48. The summed E-state index contributed by atoms with van der Waals surface area (Å²) in [4.78, 5) is 11.1. The minimum atomic E-state index is -0.179. The van der Waals surface area contributed by atoms with Crippen LogP contribution in [-0.4, -0.2) is 19.1 Å². The van der Waals surface area contributed by atoms with Crippen LogP contribution in [0.25, 0.3) is 0 Å². The van der Waals surface area contributed by atoms with Crippen LogP contribution in [0.15, 0.2) is 18.2 Å². The first-order chi connectivity index (χ1) is 8.67. The third kappa shape index (κ3) is 4.56. The van der Waals surface area contributed by atoms with Gasteiger partial charge in [0.05, 0.1) is 24.7 Å². The Balaban J connectivity index is 2.36. The van der Waals surface area contributed by atoms with Crippen molar-refractivity contribution in [1.29, 1.82) is 5.26 Å². The molecule has 0 fully saturated rings. The molecule has 1 aromatic rings. The summed E-state index contributed by atoms with van der Waals surface area (Å²) < 4.78 is 4.83. The van der Waals surface area contributed by atoms with E-state index in [0.717, 1.165) is 11.1 Å². The Bertz CT molecular complexity index is 450. The van der Waals surface area contributed by atoms with Crippen molar-refractivity contribution in [2.45, 2.75) is 26.8 Å². The lowest BCUT2D eigenvalue weighted by Crippen LogP contribution is -2.19. The fraction of sp³-hybridized carbons (Fsp3) is 0.429.